The van der Waals surface area contributed by atoms with Gasteiger partial charge in [0, 0.05) is 48.8 Å². The zero-order valence-corrected chi connectivity index (χ0v) is 18.0. The van der Waals surface area contributed by atoms with Crippen LogP contribution in [0.4, 0.5) is 13.2 Å². The van der Waals surface area contributed by atoms with Crippen LogP contribution in [-0.2, 0) is 30.6 Å². The number of halogens is 3. The number of fused-ring (bicyclic) bond motifs is 2. The number of amides is 1. The van der Waals surface area contributed by atoms with E-state index in [1.54, 1.807) is 4.90 Å². The molecular weight excluding hydrogens is 419 g/mol. The number of nitrogens with zero attached hydrogens (tertiary/aromatic N) is 4. The lowest BCUT2D eigenvalue weighted by Crippen LogP contribution is -2.45. The van der Waals surface area contributed by atoms with Crippen LogP contribution in [0.3, 0.4) is 0 Å². The average molecular weight is 445 g/mol. The Bertz CT molecular complexity index is 1140. The van der Waals surface area contributed by atoms with Crippen molar-refractivity contribution in [1.29, 1.82) is 0 Å². The lowest BCUT2D eigenvalue weighted by atomic mass is 9.94. The molecule has 1 saturated heterocycles. The standard InChI is InChI=1S/C23H26F3N5O/c1-15-2-3-19-18(10-15)17(11-27-19)12-29-6-4-16(5-7-29)22(32)31-9-8-30-13-20(23(24,25)26)28-21(30)14-31/h2-3,10-11,13,16,27H,4-9,12,14H2,1H3. The third-order valence-electron chi connectivity index (χ3n) is 6.66. The van der Waals surface area contributed by atoms with Gasteiger partial charge in [0.15, 0.2) is 5.69 Å². The van der Waals surface area contributed by atoms with E-state index in [1.165, 1.54) is 21.1 Å². The summed E-state index contributed by atoms with van der Waals surface area (Å²) in [6.45, 7) is 5.50. The molecule has 1 N–H and O–H groups in total. The van der Waals surface area contributed by atoms with Crippen LogP contribution in [0.1, 0.15) is 35.5 Å². The average Bonchev–Trinajstić information content (AvgIpc) is 3.37. The number of carbonyl (C=O) groups excluding carboxylic acids is 1. The summed E-state index contributed by atoms with van der Waals surface area (Å²) in [6.07, 6.45) is 0.168. The first-order chi connectivity index (χ1) is 15.3. The fraction of sp³-hybridized carbons (Fsp3) is 0.478. The molecule has 9 heteroatoms. The van der Waals surface area contributed by atoms with Crippen molar-refractivity contribution in [2.24, 2.45) is 5.92 Å². The Morgan fingerprint density at radius 3 is 2.72 bits per heavy atom. The van der Waals surface area contributed by atoms with Crippen molar-refractivity contribution >= 4 is 16.8 Å². The van der Waals surface area contributed by atoms with E-state index < -0.39 is 11.9 Å². The summed E-state index contributed by atoms with van der Waals surface area (Å²) in [7, 11) is 0. The fourth-order valence-electron chi connectivity index (χ4n) is 4.84. The Morgan fingerprint density at radius 1 is 1.19 bits per heavy atom. The zero-order chi connectivity index (χ0) is 22.5. The second kappa shape index (κ2) is 7.95. The molecule has 0 spiro atoms. The normalized spacial score (nSPS) is 18.3. The van der Waals surface area contributed by atoms with Crippen molar-refractivity contribution in [3.05, 3.63) is 53.2 Å². The molecule has 2 aromatic heterocycles. The number of rotatable bonds is 3. The summed E-state index contributed by atoms with van der Waals surface area (Å²) in [5.41, 5.74) is 2.74. The van der Waals surface area contributed by atoms with Gasteiger partial charge in [-0.1, -0.05) is 11.6 Å². The van der Waals surface area contributed by atoms with Gasteiger partial charge < -0.3 is 14.5 Å². The molecule has 1 amide bonds. The van der Waals surface area contributed by atoms with Gasteiger partial charge in [0.05, 0.1) is 6.54 Å². The van der Waals surface area contributed by atoms with Gasteiger partial charge in [0.25, 0.3) is 0 Å². The minimum absolute atomic E-state index is 0.0372. The van der Waals surface area contributed by atoms with Gasteiger partial charge in [-0.25, -0.2) is 4.98 Å². The fourth-order valence-corrected chi connectivity index (χ4v) is 4.84. The maximum atomic E-state index is 13.0. The SMILES string of the molecule is Cc1ccc2[nH]cc(CN3CCC(C(=O)N4CCn5cc(C(F)(F)F)nc5C4)CC3)c2c1. The number of carbonyl (C=O) groups is 1. The molecule has 170 valence electrons. The van der Waals surface area contributed by atoms with E-state index in [9.17, 15) is 18.0 Å². The van der Waals surface area contributed by atoms with Crippen LogP contribution < -0.4 is 0 Å². The Hall–Kier alpha value is -2.81. The molecule has 0 aliphatic carbocycles. The van der Waals surface area contributed by atoms with E-state index in [0.717, 1.165) is 44.2 Å². The summed E-state index contributed by atoms with van der Waals surface area (Å²) >= 11 is 0. The number of benzene rings is 1. The highest BCUT2D eigenvalue weighted by Crippen LogP contribution is 2.30. The Kier molecular flexibility index (Phi) is 5.23. The number of aryl methyl sites for hydroxylation is 1. The first-order valence-electron chi connectivity index (χ1n) is 11.0. The predicted octanol–water partition coefficient (Wildman–Crippen LogP) is 3.95. The van der Waals surface area contributed by atoms with Crippen LogP contribution in [0, 0.1) is 12.8 Å². The van der Waals surface area contributed by atoms with Gasteiger partial charge in [0.1, 0.15) is 5.82 Å². The molecule has 1 aromatic carbocycles. The molecule has 4 heterocycles. The summed E-state index contributed by atoms with van der Waals surface area (Å²) < 4.78 is 40.3. The lowest BCUT2D eigenvalue weighted by molar-refractivity contribution is -0.141. The molecule has 6 nitrogen and oxygen atoms in total. The molecule has 2 aliphatic rings. The summed E-state index contributed by atoms with van der Waals surface area (Å²) in [6, 6.07) is 6.39. The van der Waals surface area contributed by atoms with Gasteiger partial charge >= 0.3 is 6.18 Å². The first kappa shape index (κ1) is 21.1. The van der Waals surface area contributed by atoms with E-state index in [4.69, 9.17) is 0 Å². The molecule has 3 aromatic rings. The molecule has 0 unspecified atom stereocenters. The Morgan fingerprint density at radius 2 is 1.97 bits per heavy atom. The molecule has 1 fully saturated rings. The van der Waals surface area contributed by atoms with Crippen molar-refractivity contribution < 1.29 is 18.0 Å². The van der Waals surface area contributed by atoms with E-state index in [1.807, 2.05) is 0 Å². The predicted molar refractivity (Wildman–Crippen MR) is 114 cm³/mol. The van der Waals surface area contributed by atoms with Crippen molar-refractivity contribution in [3.8, 4) is 0 Å². The van der Waals surface area contributed by atoms with Crippen LogP contribution in [0.2, 0.25) is 0 Å². The minimum atomic E-state index is -4.46. The van der Waals surface area contributed by atoms with Gasteiger partial charge in [0.2, 0.25) is 5.91 Å². The van der Waals surface area contributed by atoms with Crippen molar-refractivity contribution in [1.82, 2.24) is 24.3 Å². The topological polar surface area (TPSA) is 57.2 Å². The number of nitrogens with one attached hydrogen (secondary N) is 1. The van der Waals surface area contributed by atoms with Crippen LogP contribution in [0.25, 0.3) is 10.9 Å². The van der Waals surface area contributed by atoms with Crippen molar-refractivity contribution in [2.75, 3.05) is 19.6 Å². The van der Waals surface area contributed by atoms with Crippen molar-refractivity contribution in [2.45, 2.75) is 45.6 Å². The van der Waals surface area contributed by atoms with Gasteiger partial charge in [-0.2, -0.15) is 13.2 Å². The molecule has 2 aliphatic heterocycles. The highest BCUT2D eigenvalue weighted by Gasteiger charge is 2.37. The molecular formula is C23H26F3N5O. The first-order valence-corrected chi connectivity index (χ1v) is 11.0. The number of hydrogen-bond donors (Lipinski definition) is 1. The zero-order valence-electron chi connectivity index (χ0n) is 18.0. The molecule has 0 atom stereocenters. The van der Waals surface area contributed by atoms with E-state index in [0.29, 0.717) is 18.9 Å². The molecule has 32 heavy (non-hydrogen) atoms. The van der Waals surface area contributed by atoms with Gasteiger partial charge in [-0.05, 0) is 50.6 Å². The highest BCUT2D eigenvalue weighted by atomic mass is 19.4. The van der Waals surface area contributed by atoms with Gasteiger partial charge in [-0.3, -0.25) is 9.69 Å². The lowest BCUT2D eigenvalue weighted by Gasteiger charge is -2.35. The second-order valence-corrected chi connectivity index (χ2v) is 8.91. The maximum absolute atomic E-state index is 13.0. The number of aromatic nitrogens is 3. The molecule has 0 bridgehead atoms. The largest absolute Gasteiger partial charge is 0.434 e. The number of hydrogen-bond acceptors (Lipinski definition) is 3. The number of aromatic amines is 1. The Balaban J connectivity index is 1.19. The molecule has 0 radical (unpaired) electrons. The highest BCUT2D eigenvalue weighted by molar-refractivity contribution is 5.83. The maximum Gasteiger partial charge on any atom is 0.434 e. The molecule has 5 rings (SSSR count). The smallest absolute Gasteiger partial charge is 0.361 e. The quantitative estimate of drug-likeness (QED) is 0.664. The van der Waals surface area contributed by atoms with Crippen LogP contribution in [-0.4, -0.2) is 49.9 Å². The van der Waals surface area contributed by atoms with Crippen LogP contribution >= 0.6 is 0 Å². The summed E-state index contributed by atoms with van der Waals surface area (Å²) in [5, 5.41) is 1.24. The Labute approximate surface area is 184 Å². The number of H-pyrrole nitrogens is 1. The van der Waals surface area contributed by atoms with Crippen LogP contribution in [0.15, 0.2) is 30.6 Å². The van der Waals surface area contributed by atoms with E-state index in [-0.39, 0.29) is 18.4 Å². The third kappa shape index (κ3) is 4.01. The monoisotopic (exact) mass is 445 g/mol. The second-order valence-electron chi connectivity index (χ2n) is 8.91. The van der Waals surface area contributed by atoms with Crippen molar-refractivity contribution in [3.63, 3.8) is 0 Å². The molecule has 0 saturated carbocycles. The van der Waals surface area contributed by atoms with E-state index in [2.05, 4.69) is 46.2 Å². The van der Waals surface area contributed by atoms with Crippen LogP contribution in [0.5, 0.6) is 0 Å². The summed E-state index contributed by atoms with van der Waals surface area (Å²) in [4.78, 5) is 24.1. The number of piperidine rings is 1. The number of likely N-dealkylation sites (tertiary alicyclic amines) is 1. The van der Waals surface area contributed by atoms with Gasteiger partial charge in [-0.15, -0.1) is 0 Å². The minimum Gasteiger partial charge on any atom is -0.361 e. The third-order valence-corrected chi connectivity index (χ3v) is 6.66. The number of alkyl halides is 3. The number of imidazole rings is 1. The summed E-state index contributed by atoms with van der Waals surface area (Å²) in [5.74, 6) is 0.263. The van der Waals surface area contributed by atoms with E-state index >= 15 is 0 Å².